The molecule has 4 N–H and O–H groups in total. The Morgan fingerprint density at radius 2 is 1.92 bits per heavy atom. The van der Waals surface area contributed by atoms with Gasteiger partial charge in [-0.05, 0) is 49.6 Å². The Balaban J connectivity index is 1.64. The van der Waals surface area contributed by atoms with Crippen LogP contribution in [0, 0.1) is 6.92 Å². The van der Waals surface area contributed by atoms with Crippen molar-refractivity contribution in [2.45, 2.75) is 13.5 Å². The zero-order valence-corrected chi connectivity index (χ0v) is 22.3. The van der Waals surface area contributed by atoms with Crippen LogP contribution >= 0.6 is 35.0 Å². The van der Waals surface area contributed by atoms with Gasteiger partial charge in [0, 0.05) is 35.3 Å². The Morgan fingerprint density at radius 3 is 2.70 bits per heavy atom. The lowest BCUT2D eigenvalue weighted by Gasteiger charge is -2.18. The Kier molecular flexibility index (Phi) is 8.75. The molecule has 0 unspecified atom stereocenters. The van der Waals surface area contributed by atoms with Crippen LogP contribution in [0.5, 0.6) is 0 Å². The van der Waals surface area contributed by atoms with Gasteiger partial charge in [-0.15, -0.1) is 0 Å². The van der Waals surface area contributed by atoms with Crippen LogP contribution < -0.4 is 16.0 Å². The molecule has 1 aromatic carbocycles. The number of nitrogens with one attached hydrogen (secondary N) is 3. The number of carboxylic acids is 1. The second kappa shape index (κ2) is 12.2. The van der Waals surface area contributed by atoms with E-state index >= 15 is 0 Å². The molecular weight excluding hydrogens is 535 g/mol. The number of aryl methyl sites for hydroxylation is 1. The number of pyridine rings is 1. The van der Waals surface area contributed by atoms with Gasteiger partial charge in [-0.1, -0.05) is 23.2 Å². The summed E-state index contributed by atoms with van der Waals surface area (Å²) in [6.45, 7) is 2.76. The van der Waals surface area contributed by atoms with Gasteiger partial charge in [0.2, 0.25) is 0 Å². The molecule has 9 nitrogen and oxygen atoms in total. The minimum absolute atomic E-state index is 0.0238. The van der Waals surface area contributed by atoms with E-state index in [1.807, 2.05) is 18.4 Å². The minimum atomic E-state index is -1.10. The standard InChI is InChI=1S/C25H24Cl2N6O3S/c1-14-31-23(29-9-10-37-2)22(24(32-14)33-20-7-8-28-13-18(20)25(34)35)30-12-16-4-6-21(36-16)17-11-15(26)3-5-19(17)27/h3-8,11,13,30H,9-10,12H2,1-2H3,(H,34,35)(H2,28,29,31,32,33). The van der Waals surface area contributed by atoms with Crippen molar-refractivity contribution < 1.29 is 14.3 Å². The van der Waals surface area contributed by atoms with Gasteiger partial charge in [0.15, 0.2) is 11.6 Å². The van der Waals surface area contributed by atoms with Gasteiger partial charge < -0.3 is 25.5 Å². The molecular formula is C25H24Cl2N6O3S. The molecule has 3 heterocycles. The highest BCUT2D eigenvalue weighted by Crippen LogP contribution is 2.34. The van der Waals surface area contributed by atoms with Crippen molar-refractivity contribution in [2.75, 3.05) is 34.5 Å². The maximum Gasteiger partial charge on any atom is 0.339 e. The van der Waals surface area contributed by atoms with E-state index in [1.165, 1.54) is 12.4 Å². The van der Waals surface area contributed by atoms with E-state index in [0.29, 0.717) is 69.1 Å². The van der Waals surface area contributed by atoms with Crippen LogP contribution in [0.3, 0.4) is 0 Å². The van der Waals surface area contributed by atoms with Crippen molar-refractivity contribution in [2.24, 2.45) is 0 Å². The molecule has 0 aliphatic heterocycles. The number of hydrogen-bond acceptors (Lipinski definition) is 9. The fourth-order valence-corrected chi connectivity index (χ4v) is 4.20. The highest BCUT2D eigenvalue weighted by Gasteiger charge is 2.18. The van der Waals surface area contributed by atoms with Crippen molar-refractivity contribution in [1.29, 1.82) is 0 Å². The van der Waals surface area contributed by atoms with E-state index in [9.17, 15) is 9.90 Å². The topological polar surface area (TPSA) is 125 Å². The van der Waals surface area contributed by atoms with E-state index in [-0.39, 0.29) is 5.56 Å². The summed E-state index contributed by atoms with van der Waals surface area (Å²) in [4.78, 5) is 24.7. The van der Waals surface area contributed by atoms with Gasteiger partial charge in [-0.25, -0.2) is 14.8 Å². The van der Waals surface area contributed by atoms with Crippen LogP contribution in [0.4, 0.5) is 23.0 Å². The molecule has 0 fully saturated rings. The molecule has 0 aliphatic rings. The molecule has 0 radical (unpaired) electrons. The van der Waals surface area contributed by atoms with E-state index in [2.05, 4.69) is 30.9 Å². The summed E-state index contributed by atoms with van der Waals surface area (Å²) in [6.07, 6.45) is 4.82. The summed E-state index contributed by atoms with van der Waals surface area (Å²) < 4.78 is 6.02. The van der Waals surface area contributed by atoms with Crippen molar-refractivity contribution in [3.05, 3.63) is 76.0 Å². The summed E-state index contributed by atoms with van der Waals surface area (Å²) >= 11 is 14.2. The monoisotopic (exact) mass is 558 g/mol. The average molecular weight is 559 g/mol. The molecule has 37 heavy (non-hydrogen) atoms. The number of halogens is 2. The Labute approximate surface area is 228 Å². The summed E-state index contributed by atoms with van der Waals surface area (Å²) in [5.74, 6) is 2.52. The van der Waals surface area contributed by atoms with E-state index in [0.717, 1.165) is 5.75 Å². The molecule has 0 atom stereocenters. The van der Waals surface area contributed by atoms with Gasteiger partial charge in [0.05, 0.1) is 17.3 Å². The molecule has 0 saturated heterocycles. The third-order valence-electron chi connectivity index (χ3n) is 5.22. The van der Waals surface area contributed by atoms with Crippen molar-refractivity contribution >= 4 is 63.9 Å². The van der Waals surface area contributed by atoms with Crippen molar-refractivity contribution in [1.82, 2.24) is 15.0 Å². The second-order valence-electron chi connectivity index (χ2n) is 7.86. The number of aromatic nitrogens is 3. The second-order valence-corrected chi connectivity index (χ2v) is 9.69. The fourth-order valence-electron chi connectivity index (χ4n) is 3.51. The number of anilines is 4. The molecule has 0 amide bonds. The van der Waals surface area contributed by atoms with E-state index in [1.54, 1.807) is 43.0 Å². The molecule has 0 bridgehead atoms. The van der Waals surface area contributed by atoms with Gasteiger partial charge >= 0.3 is 5.97 Å². The van der Waals surface area contributed by atoms with Crippen LogP contribution in [0.15, 0.2) is 53.2 Å². The molecule has 0 spiro atoms. The molecule has 4 rings (SSSR count). The Bertz CT molecular complexity index is 1420. The molecule has 192 valence electrons. The zero-order valence-electron chi connectivity index (χ0n) is 20.0. The first-order valence-electron chi connectivity index (χ1n) is 11.2. The number of furan rings is 1. The molecule has 3 aromatic heterocycles. The quantitative estimate of drug-likeness (QED) is 0.150. The Hall–Kier alpha value is -3.47. The lowest BCUT2D eigenvalue weighted by atomic mass is 10.2. The summed E-state index contributed by atoms with van der Waals surface area (Å²) in [7, 11) is 0. The SMILES string of the molecule is CSCCNc1nc(C)nc(Nc2ccncc2C(=O)O)c1NCc1ccc(-c2cc(Cl)ccc2Cl)o1. The number of hydrogen-bond donors (Lipinski definition) is 4. The number of rotatable bonds is 11. The number of thioether (sulfide) groups is 1. The van der Waals surface area contributed by atoms with Crippen LogP contribution in [-0.4, -0.2) is 44.6 Å². The highest BCUT2D eigenvalue weighted by atomic mass is 35.5. The maximum absolute atomic E-state index is 11.7. The molecule has 0 aliphatic carbocycles. The van der Waals surface area contributed by atoms with Crippen LogP contribution in [0.25, 0.3) is 11.3 Å². The number of carbonyl (C=O) groups is 1. The largest absolute Gasteiger partial charge is 0.478 e. The van der Waals surface area contributed by atoms with Crippen LogP contribution in [-0.2, 0) is 6.54 Å². The lowest BCUT2D eigenvalue weighted by molar-refractivity contribution is 0.0697. The van der Waals surface area contributed by atoms with E-state index < -0.39 is 5.97 Å². The highest BCUT2D eigenvalue weighted by molar-refractivity contribution is 7.98. The Morgan fingerprint density at radius 1 is 1.11 bits per heavy atom. The predicted octanol–water partition coefficient (Wildman–Crippen LogP) is 6.58. The average Bonchev–Trinajstić information content (AvgIpc) is 3.34. The van der Waals surface area contributed by atoms with Gasteiger partial charge in [-0.2, -0.15) is 11.8 Å². The van der Waals surface area contributed by atoms with E-state index in [4.69, 9.17) is 27.6 Å². The van der Waals surface area contributed by atoms with Crippen molar-refractivity contribution in [3.63, 3.8) is 0 Å². The van der Waals surface area contributed by atoms with Crippen LogP contribution in [0.1, 0.15) is 21.9 Å². The van der Waals surface area contributed by atoms with Gasteiger partial charge in [0.1, 0.15) is 28.6 Å². The summed E-state index contributed by atoms with van der Waals surface area (Å²) in [5.41, 5.74) is 1.64. The third kappa shape index (κ3) is 6.65. The third-order valence-corrected chi connectivity index (χ3v) is 6.40. The first-order chi connectivity index (χ1) is 17.9. The van der Waals surface area contributed by atoms with Gasteiger partial charge in [0.25, 0.3) is 0 Å². The molecule has 0 saturated carbocycles. The number of benzene rings is 1. The lowest BCUT2D eigenvalue weighted by Crippen LogP contribution is -2.14. The first kappa shape index (κ1) is 26.6. The number of carboxylic acid groups (broad SMARTS) is 1. The normalized spacial score (nSPS) is 10.8. The van der Waals surface area contributed by atoms with Crippen molar-refractivity contribution in [3.8, 4) is 11.3 Å². The number of aromatic carboxylic acids is 1. The molecule has 4 aromatic rings. The smallest absolute Gasteiger partial charge is 0.339 e. The maximum atomic E-state index is 11.7. The predicted molar refractivity (Wildman–Crippen MR) is 150 cm³/mol. The summed E-state index contributed by atoms with van der Waals surface area (Å²) in [5, 5.41) is 20.5. The summed E-state index contributed by atoms with van der Waals surface area (Å²) in [6, 6.07) is 10.4. The first-order valence-corrected chi connectivity index (χ1v) is 13.3. The molecule has 12 heteroatoms. The fraction of sp³-hybridized carbons (Fsp3) is 0.200. The zero-order chi connectivity index (χ0) is 26.4. The van der Waals surface area contributed by atoms with Gasteiger partial charge in [-0.3, -0.25) is 4.98 Å². The number of nitrogens with zero attached hydrogens (tertiary/aromatic N) is 3. The minimum Gasteiger partial charge on any atom is -0.478 e. The van der Waals surface area contributed by atoms with Crippen LogP contribution in [0.2, 0.25) is 10.0 Å².